The van der Waals surface area contributed by atoms with Crippen LogP contribution in [-0.4, -0.2) is 22.2 Å². The van der Waals surface area contributed by atoms with E-state index in [0.717, 1.165) is 38.5 Å². The third-order valence-corrected chi connectivity index (χ3v) is 7.25. The first kappa shape index (κ1) is 24.2. The summed E-state index contributed by atoms with van der Waals surface area (Å²) >= 11 is 0. The Labute approximate surface area is 181 Å². The maximum atomic E-state index is 13.4. The van der Waals surface area contributed by atoms with E-state index in [1.165, 1.54) is 0 Å². The van der Waals surface area contributed by atoms with Crippen LogP contribution in [0.15, 0.2) is 48.6 Å². The average molecular weight is 415 g/mol. The van der Waals surface area contributed by atoms with Crippen LogP contribution in [0.2, 0.25) is 0 Å². The molecule has 2 rings (SSSR count). The van der Waals surface area contributed by atoms with E-state index in [0.29, 0.717) is 25.7 Å². The second-order valence-electron chi connectivity index (χ2n) is 8.96. The second kappa shape index (κ2) is 10.8. The molecule has 2 N–H and O–H groups in total. The lowest BCUT2D eigenvalue weighted by molar-refractivity contribution is -0.172. The van der Waals surface area contributed by atoms with Crippen LogP contribution in [0.25, 0.3) is 0 Å². The molecule has 0 saturated carbocycles. The molecule has 0 spiro atoms. The van der Waals surface area contributed by atoms with Crippen LogP contribution < -0.4 is 0 Å². The Kier molecular flexibility index (Phi) is 8.69. The van der Waals surface area contributed by atoms with E-state index in [9.17, 15) is 19.8 Å². The number of hydrogen-bond donors (Lipinski definition) is 2. The maximum absolute atomic E-state index is 13.4. The van der Waals surface area contributed by atoms with Crippen molar-refractivity contribution in [2.24, 2.45) is 16.2 Å². The molecule has 0 aliphatic heterocycles. The van der Waals surface area contributed by atoms with Crippen molar-refractivity contribution in [3.05, 3.63) is 48.6 Å². The molecule has 166 valence electrons. The van der Waals surface area contributed by atoms with Gasteiger partial charge >= 0.3 is 11.9 Å². The van der Waals surface area contributed by atoms with Crippen molar-refractivity contribution >= 4 is 11.9 Å². The van der Waals surface area contributed by atoms with Gasteiger partial charge in [-0.2, -0.15) is 0 Å². The van der Waals surface area contributed by atoms with Crippen molar-refractivity contribution in [3.63, 3.8) is 0 Å². The van der Waals surface area contributed by atoms with Crippen LogP contribution in [0.3, 0.4) is 0 Å². The van der Waals surface area contributed by atoms with E-state index < -0.39 is 28.2 Å². The molecule has 0 fully saturated rings. The average Bonchev–Trinajstić information content (AvgIpc) is 2.74. The summed E-state index contributed by atoms with van der Waals surface area (Å²) in [6.07, 6.45) is 24.1. The summed E-state index contributed by atoms with van der Waals surface area (Å²) < 4.78 is 0. The number of hydrogen-bond acceptors (Lipinski definition) is 2. The van der Waals surface area contributed by atoms with Crippen molar-refractivity contribution in [3.8, 4) is 0 Å². The molecule has 2 aliphatic rings. The van der Waals surface area contributed by atoms with E-state index in [1.807, 2.05) is 24.3 Å². The highest BCUT2D eigenvalue weighted by molar-refractivity contribution is 5.79. The van der Waals surface area contributed by atoms with E-state index in [-0.39, 0.29) is 6.42 Å². The molecule has 2 unspecified atom stereocenters. The molecule has 0 heterocycles. The van der Waals surface area contributed by atoms with Crippen molar-refractivity contribution < 1.29 is 19.8 Å². The lowest BCUT2D eigenvalue weighted by Crippen LogP contribution is -2.58. The lowest BCUT2D eigenvalue weighted by atomic mass is 9.44. The van der Waals surface area contributed by atoms with Gasteiger partial charge in [0.2, 0.25) is 0 Å². The molecule has 2 aliphatic carbocycles. The number of carboxylic acid groups (broad SMARTS) is 2. The molecule has 30 heavy (non-hydrogen) atoms. The second-order valence-corrected chi connectivity index (χ2v) is 8.96. The van der Waals surface area contributed by atoms with Gasteiger partial charge in [0.25, 0.3) is 0 Å². The van der Waals surface area contributed by atoms with Crippen molar-refractivity contribution in [2.75, 3.05) is 0 Å². The normalized spacial score (nSPS) is 27.1. The molecule has 0 bridgehead atoms. The first-order chi connectivity index (χ1) is 14.4. The fourth-order valence-corrected chi connectivity index (χ4v) is 5.78. The van der Waals surface area contributed by atoms with E-state index in [4.69, 9.17) is 0 Å². The minimum absolute atomic E-state index is 0.00184. The smallest absolute Gasteiger partial charge is 0.311 e. The Morgan fingerprint density at radius 3 is 1.67 bits per heavy atom. The zero-order valence-electron chi connectivity index (χ0n) is 18.6. The molecule has 0 saturated heterocycles. The van der Waals surface area contributed by atoms with E-state index >= 15 is 0 Å². The van der Waals surface area contributed by atoms with Gasteiger partial charge in [-0.25, -0.2) is 0 Å². The highest BCUT2D eigenvalue weighted by Gasteiger charge is 2.64. The minimum atomic E-state index is -1.05. The molecule has 0 aromatic carbocycles. The SMILES string of the molecule is CCCCC1(C(CCCC(=O)O)(C(=O)O)C2(CCCC)C=CC=CC2)C=CC=CC1. The monoisotopic (exact) mass is 414 g/mol. The maximum Gasteiger partial charge on any atom is 0.311 e. The number of rotatable bonds is 13. The fraction of sp³-hybridized carbons (Fsp3) is 0.615. The summed E-state index contributed by atoms with van der Waals surface area (Å²) in [5.41, 5.74) is -2.10. The fourth-order valence-electron chi connectivity index (χ4n) is 5.78. The standard InChI is InChI=1S/C26H38O4/c1-3-5-15-24(17-9-7-10-18-24)26(23(29)30,21-13-14-22(27)28)25(16-6-4-2)19-11-8-12-20-25/h7-12,17,19H,3-6,13-16,18,20-21H2,1-2H3,(H,27,28)(H,29,30). The van der Waals surface area contributed by atoms with Gasteiger partial charge in [0, 0.05) is 17.3 Å². The Morgan fingerprint density at radius 2 is 1.33 bits per heavy atom. The third-order valence-electron chi connectivity index (χ3n) is 7.25. The van der Waals surface area contributed by atoms with Crippen LogP contribution in [0.5, 0.6) is 0 Å². The molecule has 0 aromatic rings. The Morgan fingerprint density at radius 1 is 0.833 bits per heavy atom. The van der Waals surface area contributed by atoms with Crippen LogP contribution in [0.4, 0.5) is 0 Å². The topological polar surface area (TPSA) is 74.6 Å². The van der Waals surface area contributed by atoms with Gasteiger partial charge in [0.1, 0.15) is 0 Å². The predicted molar refractivity (Wildman–Crippen MR) is 121 cm³/mol. The minimum Gasteiger partial charge on any atom is -0.481 e. The zero-order valence-corrected chi connectivity index (χ0v) is 18.6. The summed E-state index contributed by atoms with van der Waals surface area (Å²) in [5.74, 6) is -1.64. The summed E-state index contributed by atoms with van der Waals surface area (Å²) in [7, 11) is 0. The zero-order chi connectivity index (χ0) is 22.1. The molecule has 4 heteroatoms. The first-order valence-electron chi connectivity index (χ1n) is 11.5. The summed E-state index contributed by atoms with van der Waals surface area (Å²) in [6, 6.07) is 0. The molecule has 0 radical (unpaired) electrons. The van der Waals surface area contributed by atoms with Gasteiger partial charge < -0.3 is 10.2 Å². The third kappa shape index (κ3) is 4.63. The first-order valence-corrected chi connectivity index (χ1v) is 11.5. The summed E-state index contributed by atoms with van der Waals surface area (Å²) in [6.45, 7) is 4.28. The van der Waals surface area contributed by atoms with Crippen LogP contribution in [-0.2, 0) is 9.59 Å². The van der Waals surface area contributed by atoms with Crippen molar-refractivity contribution in [2.45, 2.75) is 84.5 Å². The molecular formula is C26H38O4. The highest BCUT2D eigenvalue weighted by Crippen LogP contribution is 2.64. The predicted octanol–water partition coefficient (Wildman–Crippen LogP) is 6.70. The van der Waals surface area contributed by atoms with Crippen LogP contribution in [0.1, 0.15) is 84.5 Å². The van der Waals surface area contributed by atoms with Gasteiger partial charge in [0.05, 0.1) is 5.41 Å². The molecular weight excluding hydrogens is 376 g/mol. The van der Waals surface area contributed by atoms with Crippen LogP contribution in [0, 0.1) is 16.2 Å². The van der Waals surface area contributed by atoms with Crippen molar-refractivity contribution in [1.82, 2.24) is 0 Å². The summed E-state index contributed by atoms with van der Waals surface area (Å²) in [4.78, 5) is 24.7. The van der Waals surface area contributed by atoms with E-state index in [2.05, 4.69) is 38.2 Å². The van der Waals surface area contributed by atoms with Gasteiger partial charge in [0.15, 0.2) is 0 Å². The molecule has 0 aromatic heterocycles. The Hall–Kier alpha value is -2.10. The lowest BCUT2D eigenvalue weighted by Gasteiger charge is -2.57. The quantitative estimate of drug-likeness (QED) is 0.352. The number of allylic oxidation sites excluding steroid dienone is 8. The van der Waals surface area contributed by atoms with Crippen molar-refractivity contribution in [1.29, 1.82) is 0 Å². The van der Waals surface area contributed by atoms with Gasteiger partial charge in [-0.1, -0.05) is 88.1 Å². The largest absolute Gasteiger partial charge is 0.481 e. The van der Waals surface area contributed by atoms with E-state index in [1.54, 1.807) is 0 Å². The number of unbranched alkanes of at least 4 members (excludes halogenated alkanes) is 2. The summed E-state index contributed by atoms with van der Waals surface area (Å²) in [5, 5.41) is 20.2. The number of carbonyl (C=O) groups is 2. The number of carboxylic acids is 2. The molecule has 0 amide bonds. The molecule has 4 nitrogen and oxygen atoms in total. The number of aliphatic carboxylic acids is 2. The van der Waals surface area contributed by atoms with Gasteiger partial charge in [-0.15, -0.1) is 0 Å². The molecule has 2 atom stereocenters. The van der Waals surface area contributed by atoms with Crippen LogP contribution >= 0.6 is 0 Å². The Balaban J connectivity index is 2.69. The highest BCUT2D eigenvalue weighted by atomic mass is 16.4. The van der Waals surface area contributed by atoms with Gasteiger partial charge in [-0.05, 0) is 38.5 Å². The van der Waals surface area contributed by atoms with Gasteiger partial charge in [-0.3, -0.25) is 9.59 Å². The Bertz CT molecular complexity index is 673.